The fourth-order valence-electron chi connectivity index (χ4n) is 8.25. The van der Waals surface area contributed by atoms with E-state index in [2.05, 4.69) is 57.2 Å². The average molecular weight is 914 g/mol. The van der Waals surface area contributed by atoms with E-state index < -0.39 is 6.10 Å². The van der Waals surface area contributed by atoms with Gasteiger partial charge in [-0.2, -0.15) is 0 Å². The van der Waals surface area contributed by atoms with Crippen molar-refractivity contribution in [2.75, 3.05) is 13.2 Å². The Kier molecular flexibility index (Phi) is 52.3. The number of carbonyl (C=O) groups excluding carboxylic acids is 3. The van der Waals surface area contributed by atoms with Crippen molar-refractivity contribution in [3.8, 4) is 0 Å². The van der Waals surface area contributed by atoms with E-state index in [-0.39, 0.29) is 31.1 Å². The van der Waals surface area contributed by atoms with E-state index in [0.29, 0.717) is 19.3 Å². The standard InChI is InChI=1S/C59H108O6/c1-4-7-10-13-16-19-22-25-27-28-29-30-31-32-33-35-37-40-43-46-49-52-58(61)64-55-56(54-63-57(60)51-48-45-42-39-36-24-21-18-15-12-9-6-3)65-59(62)53-50-47-44-41-38-34-26-23-20-17-14-11-8-5-2/h18,21,23,26,28-29,56H,4-17,19-20,22,24-25,27,30-55H2,1-3H3/b21-18-,26-23-,29-28-. The monoisotopic (exact) mass is 913 g/mol. The molecule has 0 aliphatic heterocycles. The maximum atomic E-state index is 12.8. The van der Waals surface area contributed by atoms with Crippen LogP contribution in [-0.4, -0.2) is 37.2 Å². The molecule has 0 amide bonds. The number of hydrogen-bond donors (Lipinski definition) is 0. The van der Waals surface area contributed by atoms with Crippen molar-refractivity contribution in [3.63, 3.8) is 0 Å². The number of hydrogen-bond acceptors (Lipinski definition) is 6. The van der Waals surface area contributed by atoms with Crippen molar-refractivity contribution < 1.29 is 28.6 Å². The third-order valence-electron chi connectivity index (χ3n) is 12.6. The molecule has 0 saturated heterocycles. The van der Waals surface area contributed by atoms with Gasteiger partial charge in [0.15, 0.2) is 6.10 Å². The van der Waals surface area contributed by atoms with Crippen LogP contribution in [0.3, 0.4) is 0 Å². The van der Waals surface area contributed by atoms with Crippen LogP contribution in [0, 0.1) is 0 Å². The van der Waals surface area contributed by atoms with E-state index in [1.807, 2.05) is 0 Å². The summed E-state index contributed by atoms with van der Waals surface area (Å²) in [5, 5.41) is 0. The van der Waals surface area contributed by atoms with Gasteiger partial charge in [-0.1, -0.05) is 224 Å². The molecule has 0 saturated carbocycles. The lowest BCUT2D eigenvalue weighted by atomic mass is 10.1. The third-order valence-corrected chi connectivity index (χ3v) is 12.6. The minimum absolute atomic E-state index is 0.0772. The first-order valence-electron chi connectivity index (χ1n) is 28.5. The summed E-state index contributed by atoms with van der Waals surface area (Å²) in [7, 11) is 0. The molecule has 380 valence electrons. The van der Waals surface area contributed by atoms with Gasteiger partial charge in [-0.3, -0.25) is 14.4 Å². The summed E-state index contributed by atoms with van der Waals surface area (Å²) >= 11 is 0. The number of allylic oxidation sites excluding steroid dienone is 6. The third kappa shape index (κ3) is 52.5. The van der Waals surface area contributed by atoms with E-state index >= 15 is 0 Å². The van der Waals surface area contributed by atoms with Gasteiger partial charge in [0.2, 0.25) is 0 Å². The van der Waals surface area contributed by atoms with Crippen LogP contribution in [0.25, 0.3) is 0 Å². The first kappa shape index (κ1) is 62.6. The summed E-state index contributed by atoms with van der Waals surface area (Å²) in [4.78, 5) is 38.1. The molecule has 6 heteroatoms. The summed E-state index contributed by atoms with van der Waals surface area (Å²) in [5.74, 6) is -0.884. The number of ether oxygens (including phenoxy) is 3. The van der Waals surface area contributed by atoms with Crippen LogP contribution in [0.1, 0.15) is 303 Å². The lowest BCUT2D eigenvalue weighted by Gasteiger charge is -2.18. The van der Waals surface area contributed by atoms with Crippen molar-refractivity contribution in [1.82, 2.24) is 0 Å². The Morgan fingerprint density at radius 1 is 0.292 bits per heavy atom. The zero-order chi connectivity index (χ0) is 47.2. The fraction of sp³-hybridized carbons (Fsp3) is 0.847. The number of carbonyl (C=O) groups is 3. The largest absolute Gasteiger partial charge is 0.462 e. The Balaban J connectivity index is 4.30. The first-order chi connectivity index (χ1) is 32.0. The molecule has 0 heterocycles. The maximum absolute atomic E-state index is 12.8. The maximum Gasteiger partial charge on any atom is 0.306 e. The molecule has 0 radical (unpaired) electrons. The van der Waals surface area contributed by atoms with Crippen molar-refractivity contribution in [3.05, 3.63) is 36.5 Å². The normalized spacial score (nSPS) is 12.2. The molecule has 0 aliphatic rings. The van der Waals surface area contributed by atoms with Gasteiger partial charge in [-0.25, -0.2) is 0 Å². The van der Waals surface area contributed by atoms with Gasteiger partial charge in [0.05, 0.1) is 0 Å². The Hall–Kier alpha value is -2.37. The summed E-state index contributed by atoms with van der Waals surface area (Å²) < 4.78 is 16.8. The molecule has 0 aromatic heterocycles. The minimum atomic E-state index is -0.778. The van der Waals surface area contributed by atoms with E-state index in [1.54, 1.807) is 0 Å². The van der Waals surface area contributed by atoms with E-state index in [1.165, 1.54) is 193 Å². The molecule has 0 bridgehead atoms. The predicted molar refractivity (Wildman–Crippen MR) is 279 cm³/mol. The Morgan fingerprint density at radius 3 is 0.800 bits per heavy atom. The molecule has 0 aromatic rings. The quantitative estimate of drug-likeness (QED) is 0.0262. The molecule has 0 rings (SSSR count). The molecule has 0 aromatic carbocycles. The zero-order valence-corrected chi connectivity index (χ0v) is 43.5. The van der Waals surface area contributed by atoms with Gasteiger partial charge in [0, 0.05) is 19.3 Å². The molecule has 0 spiro atoms. The highest BCUT2D eigenvalue weighted by Gasteiger charge is 2.19. The summed E-state index contributed by atoms with van der Waals surface area (Å²) in [6.07, 6.45) is 64.2. The highest BCUT2D eigenvalue weighted by molar-refractivity contribution is 5.71. The van der Waals surface area contributed by atoms with Crippen LogP contribution >= 0.6 is 0 Å². The van der Waals surface area contributed by atoms with Crippen LogP contribution in [0.5, 0.6) is 0 Å². The molecule has 1 atom stereocenters. The molecular formula is C59H108O6. The topological polar surface area (TPSA) is 78.9 Å². The molecule has 6 nitrogen and oxygen atoms in total. The van der Waals surface area contributed by atoms with E-state index in [0.717, 1.165) is 70.6 Å². The van der Waals surface area contributed by atoms with Crippen LogP contribution in [-0.2, 0) is 28.6 Å². The fourth-order valence-corrected chi connectivity index (χ4v) is 8.25. The Bertz CT molecular complexity index is 1090. The van der Waals surface area contributed by atoms with Gasteiger partial charge in [-0.15, -0.1) is 0 Å². The SMILES string of the molecule is CCCCC/C=C\CCCCCCCC(=O)OCC(COC(=O)CCCCCCCCCCC/C=C\CCCCCCCCCC)OC(=O)CCCCCCC/C=C\CCCCCCC. The molecule has 0 fully saturated rings. The molecule has 0 N–H and O–H groups in total. The number of unbranched alkanes of at least 4 members (excludes halogenated alkanes) is 35. The molecule has 1 unspecified atom stereocenters. The second-order valence-corrected chi connectivity index (χ2v) is 19.2. The second kappa shape index (κ2) is 54.2. The number of esters is 3. The summed E-state index contributed by atoms with van der Waals surface area (Å²) in [6, 6.07) is 0. The molecule has 65 heavy (non-hydrogen) atoms. The molecular weight excluding hydrogens is 805 g/mol. The van der Waals surface area contributed by atoms with Crippen molar-refractivity contribution in [2.45, 2.75) is 309 Å². The lowest BCUT2D eigenvalue weighted by molar-refractivity contribution is -0.167. The average Bonchev–Trinajstić information content (AvgIpc) is 3.30. The summed E-state index contributed by atoms with van der Waals surface area (Å²) in [6.45, 7) is 6.62. The van der Waals surface area contributed by atoms with Crippen LogP contribution in [0.15, 0.2) is 36.5 Å². The van der Waals surface area contributed by atoms with Crippen molar-refractivity contribution >= 4 is 17.9 Å². The smallest absolute Gasteiger partial charge is 0.306 e. The van der Waals surface area contributed by atoms with Gasteiger partial charge in [0.25, 0.3) is 0 Å². The lowest BCUT2D eigenvalue weighted by Crippen LogP contribution is -2.30. The van der Waals surface area contributed by atoms with Gasteiger partial charge < -0.3 is 14.2 Å². The minimum Gasteiger partial charge on any atom is -0.462 e. The van der Waals surface area contributed by atoms with Crippen LogP contribution in [0.4, 0.5) is 0 Å². The van der Waals surface area contributed by atoms with Gasteiger partial charge >= 0.3 is 17.9 Å². The van der Waals surface area contributed by atoms with Gasteiger partial charge in [0.1, 0.15) is 13.2 Å². The van der Waals surface area contributed by atoms with E-state index in [9.17, 15) is 14.4 Å². The Labute approximate surface area is 404 Å². The van der Waals surface area contributed by atoms with Crippen molar-refractivity contribution in [1.29, 1.82) is 0 Å². The Morgan fingerprint density at radius 2 is 0.508 bits per heavy atom. The highest BCUT2D eigenvalue weighted by Crippen LogP contribution is 2.15. The van der Waals surface area contributed by atoms with E-state index in [4.69, 9.17) is 14.2 Å². The molecule has 0 aliphatic carbocycles. The van der Waals surface area contributed by atoms with Gasteiger partial charge in [-0.05, 0) is 96.3 Å². The van der Waals surface area contributed by atoms with Crippen LogP contribution in [0.2, 0.25) is 0 Å². The van der Waals surface area contributed by atoms with Crippen LogP contribution < -0.4 is 0 Å². The highest BCUT2D eigenvalue weighted by atomic mass is 16.6. The first-order valence-corrected chi connectivity index (χ1v) is 28.5. The second-order valence-electron chi connectivity index (χ2n) is 19.2. The predicted octanol–water partition coefficient (Wildman–Crippen LogP) is 18.9. The van der Waals surface area contributed by atoms with Crippen molar-refractivity contribution in [2.24, 2.45) is 0 Å². The number of rotatable bonds is 52. The summed E-state index contributed by atoms with van der Waals surface area (Å²) in [5.41, 5.74) is 0. The zero-order valence-electron chi connectivity index (χ0n) is 43.5.